The van der Waals surface area contributed by atoms with Crippen LogP contribution in [0.15, 0.2) is 18.2 Å². The standard InChI is InChI=1S/C18H28/c1-6-7-8-14-9-10-15-16(13-14)18(4,5)12-11-17(15,2)3/h9-10,13H,6-8,11-12H2,1-5H3. The Bertz CT molecular complexity index is 424. The summed E-state index contributed by atoms with van der Waals surface area (Å²) in [5.74, 6) is 0. The van der Waals surface area contributed by atoms with Crippen LogP contribution in [0, 0.1) is 0 Å². The normalized spacial score (nSPS) is 20.5. The fourth-order valence-electron chi connectivity index (χ4n) is 3.17. The summed E-state index contributed by atoms with van der Waals surface area (Å²) >= 11 is 0. The van der Waals surface area contributed by atoms with E-state index in [1.165, 1.54) is 37.7 Å². The summed E-state index contributed by atoms with van der Waals surface area (Å²) in [6.45, 7) is 11.9. The maximum absolute atomic E-state index is 2.49. The predicted molar refractivity (Wildman–Crippen MR) is 80.3 cm³/mol. The molecule has 100 valence electrons. The zero-order valence-electron chi connectivity index (χ0n) is 12.8. The highest BCUT2D eigenvalue weighted by molar-refractivity contribution is 5.43. The SMILES string of the molecule is CCCCc1ccc2c(c1)C(C)(C)CCC2(C)C. The second-order valence-corrected chi connectivity index (χ2v) is 7.25. The maximum Gasteiger partial charge on any atom is -0.0100 e. The van der Waals surface area contributed by atoms with Crippen LogP contribution in [0.25, 0.3) is 0 Å². The molecule has 2 rings (SSSR count). The summed E-state index contributed by atoms with van der Waals surface area (Å²) in [7, 11) is 0. The lowest BCUT2D eigenvalue weighted by atomic mass is 9.63. The Hall–Kier alpha value is -0.780. The van der Waals surface area contributed by atoms with E-state index in [0.29, 0.717) is 10.8 Å². The summed E-state index contributed by atoms with van der Waals surface area (Å²) in [5.41, 5.74) is 5.43. The first-order valence-corrected chi connectivity index (χ1v) is 7.51. The van der Waals surface area contributed by atoms with Gasteiger partial charge in [0, 0.05) is 0 Å². The van der Waals surface area contributed by atoms with Crippen LogP contribution >= 0.6 is 0 Å². The molecular weight excluding hydrogens is 216 g/mol. The van der Waals surface area contributed by atoms with Gasteiger partial charge in [0.2, 0.25) is 0 Å². The molecule has 0 nitrogen and oxygen atoms in total. The van der Waals surface area contributed by atoms with Crippen molar-refractivity contribution in [3.63, 3.8) is 0 Å². The first-order chi connectivity index (χ1) is 8.37. The molecule has 0 N–H and O–H groups in total. The van der Waals surface area contributed by atoms with Gasteiger partial charge in [0.1, 0.15) is 0 Å². The highest BCUT2D eigenvalue weighted by Crippen LogP contribution is 2.45. The number of benzene rings is 1. The molecule has 0 aromatic heterocycles. The molecule has 1 aromatic carbocycles. The Morgan fingerprint density at radius 1 is 0.944 bits per heavy atom. The van der Waals surface area contributed by atoms with Gasteiger partial charge in [0.25, 0.3) is 0 Å². The number of fused-ring (bicyclic) bond motifs is 1. The van der Waals surface area contributed by atoms with E-state index in [2.05, 4.69) is 52.8 Å². The first-order valence-electron chi connectivity index (χ1n) is 7.51. The average Bonchev–Trinajstić information content (AvgIpc) is 2.32. The molecule has 0 spiro atoms. The molecule has 0 unspecified atom stereocenters. The second-order valence-electron chi connectivity index (χ2n) is 7.25. The molecule has 18 heavy (non-hydrogen) atoms. The fraction of sp³-hybridized carbons (Fsp3) is 0.667. The minimum Gasteiger partial charge on any atom is -0.0654 e. The van der Waals surface area contributed by atoms with E-state index in [4.69, 9.17) is 0 Å². The monoisotopic (exact) mass is 244 g/mol. The van der Waals surface area contributed by atoms with Gasteiger partial charge in [-0.05, 0) is 53.2 Å². The topological polar surface area (TPSA) is 0 Å². The molecule has 0 heterocycles. The van der Waals surface area contributed by atoms with Crippen molar-refractivity contribution in [2.45, 2.75) is 77.6 Å². The summed E-state index contributed by atoms with van der Waals surface area (Å²) in [4.78, 5) is 0. The molecule has 0 atom stereocenters. The molecular formula is C18H28. The Morgan fingerprint density at radius 2 is 1.56 bits per heavy atom. The number of aryl methyl sites for hydroxylation is 1. The smallest absolute Gasteiger partial charge is 0.0100 e. The molecule has 0 fully saturated rings. The van der Waals surface area contributed by atoms with Gasteiger partial charge < -0.3 is 0 Å². The zero-order valence-corrected chi connectivity index (χ0v) is 12.8. The zero-order chi connectivity index (χ0) is 13.4. The number of hydrogen-bond acceptors (Lipinski definition) is 0. The van der Waals surface area contributed by atoms with Gasteiger partial charge in [-0.3, -0.25) is 0 Å². The van der Waals surface area contributed by atoms with E-state index in [1.807, 2.05) is 0 Å². The van der Waals surface area contributed by atoms with Gasteiger partial charge >= 0.3 is 0 Å². The van der Waals surface area contributed by atoms with Gasteiger partial charge in [0.15, 0.2) is 0 Å². The van der Waals surface area contributed by atoms with Crippen LogP contribution in [0.3, 0.4) is 0 Å². The van der Waals surface area contributed by atoms with Crippen LogP contribution < -0.4 is 0 Å². The van der Waals surface area contributed by atoms with Crippen molar-refractivity contribution in [2.24, 2.45) is 0 Å². The molecule has 0 amide bonds. The van der Waals surface area contributed by atoms with Crippen molar-refractivity contribution in [1.82, 2.24) is 0 Å². The summed E-state index contributed by atoms with van der Waals surface area (Å²) < 4.78 is 0. The molecule has 0 bridgehead atoms. The minimum absolute atomic E-state index is 0.354. The first kappa shape index (κ1) is 13.6. The van der Waals surface area contributed by atoms with E-state index in [9.17, 15) is 0 Å². The van der Waals surface area contributed by atoms with Crippen LogP contribution in [0.2, 0.25) is 0 Å². The second kappa shape index (κ2) is 4.72. The molecule has 1 aromatic rings. The van der Waals surface area contributed by atoms with Crippen molar-refractivity contribution in [2.75, 3.05) is 0 Å². The third-order valence-electron chi connectivity index (χ3n) is 4.74. The van der Waals surface area contributed by atoms with Crippen LogP contribution in [0.1, 0.15) is 77.0 Å². The molecule has 1 aliphatic rings. The average molecular weight is 244 g/mol. The fourth-order valence-corrected chi connectivity index (χ4v) is 3.17. The van der Waals surface area contributed by atoms with E-state index < -0.39 is 0 Å². The molecule has 0 saturated heterocycles. The molecule has 0 aliphatic heterocycles. The largest absolute Gasteiger partial charge is 0.0654 e. The number of rotatable bonds is 3. The van der Waals surface area contributed by atoms with Crippen LogP contribution in [0.4, 0.5) is 0 Å². The quantitative estimate of drug-likeness (QED) is 0.670. The van der Waals surface area contributed by atoms with Gasteiger partial charge in [-0.25, -0.2) is 0 Å². The van der Waals surface area contributed by atoms with Crippen LogP contribution in [-0.2, 0) is 17.3 Å². The molecule has 0 radical (unpaired) electrons. The lowest BCUT2D eigenvalue weighted by molar-refractivity contribution is 0.331. The van der Waals surface area contributed by atoms with Crippen molar-refractivity contribution in [3.8, 4) is 0 Å². The van der Waals surface area contributed by atoms with Gasteiger partial charge in [-0.1, -0.05) is 59.2 Å². The van der Waals surface area contributed by atoms with Crippen molar-refractivity contribution in [3.05, 3.63) is 34.9 Å². The highest BCUT2D eigenvalue weighted by atomic mass is 14.4. The van der Waals surface area contributed by atoms with Crippen molar-refractivity contribution >= 4 is 0 Å². The molecule has 0 saturated carbocycles. The summed E-state index contributed by atoms with van der Waals surface area (Å²) in [6, 6.07) is 7.25. The molecule has 1 aliphatic carbocycles. The number of hydrogen-bond donors (Lipinski definition) is 0. The number of unbranched alkanes of at least 4 members (excludes halogenated alkanes) is 1. The Labute approximate surface area is 113 Å². The van der Waals surface area contributed by atoms with E-state index in [1.54, 1.807) is 11.1 Å². The predicted octanol–water partition coefficient (Wildman–Crippen LogP) is 5.38. The maximum atomic E-state index is 2.49. The third-order valence-corrected chi connectivity index (χ3v) is 4.74. The highest BCUT2D eigenvalue weighted by Gasteiger charge is 2.36. The summed E-state index contributed by atoms with van der Waals surface area (Å²) in [6.07, 6.45) is 6.44. The van der Waals surface area contributed by atoms with Crippen LogP contribution in [-0.4, -0.2) is 0 Å². The van der Waals surface area contributed by atoms with Crippen molar-refractivity contribution < 1.29 is 0 Å². The third kappa shape index (κ3) is 2.48. The van der Waals surface area contributed by atoms with E-state index in [-0.39, 0.29) is 0 Å². The lowest BCUT2D eigenvalue weighted by Crippen LogP contribution is -2.33. The van der Waals surface area contributed by atoms with E-state index in [0.717, 1.165) is 0 Å². The van der Waals surface area contributed by atoms with Gasteiger partial charge in [-0.15, -0.1) is 0 Å². The minimum atomic E-state index is 0.354. The van der Waals surface area contributed by atoms with Crippen LogP contribution in [0.5, 0.6) is 0 Å². The Balaban J connectivity index is 2.42. The van der Waals surface area contributed by atoms with Gasteiger partial charge in [-0.2, -0.15) is 0 Å². The Morgan fingerprint density at radius 3 is 2.17 bits per heavy atom. The molecule has 0 heteroatoms. The Kier molecular flexibility index (Phi) is 3.58. The van der Waals surface area contributed by atoms with Gasteiger partial charge in [0.05, 0.1) is 0 Å². The lowest BCUT2D eigenvalue weighted by Gasteiger charge is -2.42. The van der Waals surface area contributed by atoms with Crippen molar-refractivity contribution in [1.29, 1.82) is 0 Å². The summed E-state index contributed by atoms with van der Waals surface area (Å²) in [5, 5.41) is 0. The van der Waals surface area contributed by atoms with E-state index >= 15 is 0 Å².